The largest absolute Gasteiger partial charge is 0.467 e. The third-order valence-electron chi connectivity index (χ3n) is 2.08. The van der Waals surface area contributed by atoms with Gasteiger partial charge in [0.25, 0.3) is 0 Å². The van der Waals surface area contributed by atoms with Gasteiger partial charge in [0, 0.05) is 10.0 Å². The first-order chi connectivity index (χ1) is 7.06. The number of hydrogen-bond acceptors (Lipinski definition) is 3. The second kappa shape index (κ2) is 6.67. The Morgan fingerprint density at radius 2 is 2.20 bits per heavy atom. The number of rotatable bonds is 4. The summed E-state index contributed by atoms with van der Waals surface area (Å²) in [5.74, 6) is -0.638. The number of amides is 2. The fraction of sp³-hybridized carbons (Fsp3) is 0.750. The van der Waals surface area contributed by atoms with Crippen molar-refractivity contribution in [1.29, 1.82) is 0 Å². The smallest absolute Gasteiger partial charge is 0.328 e. The van der Waals surface area contributed by atoms with Gasteiger partial charge in [-0.15, -0.1) is 0 Å². The van der Waals surface area contributed by atoms with Gasteiger partial charge in [-0.2, -0.15) is 0 Å². The van der Waals surface area contributed by atoms with Crippen LogP contribution in [-0.2, 0) is 9.53 Å². The molecule has 0 aliphatic heterocycles. The topological polar surface area (TPSA) is 104 Å². The first-order valence-electron chi connectivity index (χ1n) is 4.50. The molecule has 0 fully saturated rings. The Hall–Kier alpha value is -1.75. The van der Waals surface area contributed by atoms with Crippen molar-refractivity contribution in [3.05, 3.63) is 10.4 Å². The monoisotopic (exact) mass is 214 g/mol. The van der Waals surface area contributed by atoms with Gasteiger partial charge < -0.3 is 10.1 Å². The van der Waals surface area contributed by atoms with E-state index in [9.17, 15) is 9.59 Å². The zero-order chi connectivity index (χ0) is 11.8. The number of nitrogens with one attached hydrogen (secondary N) is 1. The van der Waals surface area contributed by atoms with Crippen LogP contribution in [0, 0.1) is 5.92 Å². The Bertz CT molecular complexity index is 286. The maximum absolute atomic E-state index is 11.3. The highest BCUT2D eigenvalue weighted by Gasteiger charge is 2.25. The second-order valence-electron chi connectivity index (χ2n) is 3.03. The Morgan fingerprint density at radius 3 is 2.60 bits per heavy atom. The van der Waals surface area contributed by atoms with Crippen LogP contribution in [0.15, 0.2) is 5.11 Å². The number of ether oxygens (including phenoxy) is 1. The summed E-state index contributed by atoms with van der Waals surface area (Å²) in [6.07, 6.45) is 0.691. The Kier molecular flexibility index (Phi) is 5.89. The van der Waals surface area contributed by atoms with Crippen molar-refractivity contribution in [3.8, 4) is 0 Å². The highest BCUT2D eigenvalue weighted by molar-refractivity contribution is 5.84. The number of hydrogen-bond donors (Lipinski definition) is 1. The number of carbonyl (C=O) groups excluding carboxylic acids is 2. The highest BCUT2D eigenvalue weighted by Crippen LogP contribution is 2.09. The molecule has 7 nitrogen and oxygen atoms in total. The average Bonchev–Trinajstić information content (AvgIpc) is 2.24. The maximum Gasteiger partial charge on any atom is 0.328 e. The zero-order valence-electron chi connectivity index (χ0n) is 8.93. The summed E-state index contributed by atoms with van der Waals surface area (Å²) in [5, 5.41) is 5.11. The molecule has 15 heavy (non-hydrogen) atoms. The fourth-order valence-electron chi connectivity index (χ4n) is 0.999. The molecule has 84 valence electrons. The summed E-state index contributed by atoms with van der Waals surface area (Å²) in [7, 11) is 1.23. The lowest BCUT2D eigenvalue weighted by molar-refractivity contribution is -0.144. The van der Waals surface area contributed by atoms with Gasteiger partial charge in [-0.1, -0.05) is 20.3 Å². The van der Waals surface area contributed by atoms with E-state index in [0.717, 1.165) is 0 Å². The lowest BCUT2D eigenvalue weighted by Gasteiger charge is -2.20. The number of urea groups is 1. The van der Waals surface area contributed by atoms with E-state index in [2.05, 4.69) is 20.1 Å². The van der Waals surface area contributed by atoms with Crippen molar-refractivity contribution >= 4 is 12.0 Å². The van der Waals surface area contributed by atoms with Gasteiger partial charge in [0.1, 0.15) is 6.04 Å². The van der Waals surface area contributed by atoms with Crippen molar-refractivity contribution in [3.63, 3.8) is 0 Å². The van der Waals surface area contributed by atoms with E-state index in [1.54, 1.807) is 6.92 Å². The van der Waals surface area contributed by atoms with Crippen LogP contribution in [0.3, 0.4) is 0 Å². The maximum atomic E-state index is 11.3. The number of esters is 1. The summed E-state index contributed by atoms with van der Waals surface area (Å²) in [4.78, 5) is 24.6. The molecule has 1 N–H and O–H groups in total. The molecule has 0 aromatic rings. The molecular weight excluding hydrogens is 200 g/mol. The molecule has 2 atom stereocenters. The molecule has 0 spiro atoms. The number of methoxy groups -OCH3 is 1. The van der Waals surface area contributed by atoms with Crippen LogP contribution in [0.25, 0.3) is 10.4 Å². The molecule has 0 saturated heterocycles. The normalized spacial score (nSPS) is 13.3. The van der Waals surface area contributed by atoms with Crippen LogP contribution in [0.2, 0.25) is 0 Å². The highest BCUT2D eigenvalue weighted by atomic mass is 16.5. The fourth-order valence-corrected chi connectivity index (χ4v) is 0.999. The first kappa shape index (κ1) is 13.2. The summed E-state index contributed by atoms with van der Waals surface area (Å²) in [5.41, 5.74) is 8.02. The molecule has 0 bridgehead atoms. The van der Waals surface area contributed by atoms with E-state index < -0.39 is 18.0 Å². The van der Waals surface area contributed by atoms with Gasteiger partial charge in [-0.3, -0.25) is 4.79 Å². The van der Waals surface area contributed by atoms with E-state index >= 15 is 0 Å². The average molecular weight is 214 g/mol. The minimum Gasteiger partial charge on any atom is -0.467 e. The van der Waals surface area contributed by atoms with E-state index in [0.29, 0.717) is 6.42 Å². The minimum atomic E-state index is -0.881. The van der Waals surface area contributed by atoms with Crippen molar-refractivity contribution in [2.75, 3.05) is 7.11 Å². The summed E-state index contributed by atoms with van der Waals surface area (Å²) in [6.45, 7) is 3.66. The van der Waals surface area contributed by atoms with Crippen LogP contribution in [0.5, 0.6) is 0 Å². The summed E-state index contributed by atoms with van der Waals surface area (Å²) in [6, 6.07) is -1.66. The predicted molar refractivity (Wildman–Crippen MR) is 52.9 cm³/mol. The Morgan fingerprint density at radius 1 is 1.60 bits per heavy atom. The van der Waals surface area contributed by atoms with Gasteiger partial charge in [0.2, 0.25) is 0 Å². The van der Waals surface area contributed by atoms with Crippen molar-refractivity contribution in [1.82, 2.24) is 5.32 Å². The quantitative estimate of drug-likeness (QED) is 0.332. The second-order valence-corrected chi connectivity index (χ2v) is 3.03. The molecular formula is C8H14N4O3. The molecule has 0 aliphatic carbocycles. The van der Waals surface area contributed by atoms with Crippen molar-refractivity contribution < 1.29 is 14.3 Å². The number of carbonyl (C=O) groups is 2. The summed E-state index contributed by atoms with van der Waals surface area (Å²) >= 11 is 0. The molecule has 0 aliphatic rings. The molecule has 0 rings (SSSR count). The third kappa shape index (κ3) is 4.33. The van der Waals surface area contributed by atoms with E-state index in [1.807, 2.05) is 6.92 Å². The number of azide groups is 1. The van der Waals surface area contributed by atoms with Gasteiger partial charge in [-0.05, 0) is 11.4 Å². The van der Waals surface area contributed by atoms with Crippen LogP contribution in [0.1, 0.15) is 20.3 Å². The zero-order valence-corrected chi connectivity index (χ0v) is 8.93. The Labute approximate surface area is 87.4 Å². The van der Waals surface area contributed by atoms with Crippen molar-refractivity contribution in [2.45, 2.75) is 26.3 Å². The SMILES string of the molecule is CC[C@H](C)[C@H](NC(=O)N=[N+]=[N-])C(=O)OC. The van der Waals surface area contributed by atoms with Gasteiger partial charge >= 0.3 is 12.0 Å². The molecule has 0 radical (unpaired) electrons. The van der Waals surface area contributed by atoms with Crippen LogP contribution < -0.4 is 5.32 Å². The lowest BCUT2D eigenvalue weighted by Crippen LogP contribution is -2.44. The van der Waals surface area contributed by atoms with E-state index in [-0.39, 0.29) is 5.92 Å². The first-order valence-corrected chi connectivity index (χ1v) is 4.50. The molecule has 0 aromatic heterocycles. The molecule has 2 amide bonds. The molecule has 7 heteroatoms. The van der Waals surface area contributed by atoms with Crippen LogP contribution in [0.4, 0.5) is 4.79 Å². The van der Waals surface area contributed by atoms with E-state index in [1.165, 1.54) is 7.11 Å². The molecule has 0 aromatic carbocycles. The molecule has 0 unspecified atom stereocenters. The standard InChI is InChI=1S/C8H14N4O3/c1-4-5(2)6(7(13)15-3)10-8(14)11-12-9/h5-6H,4H2,1-3H3,(H,10,14)/t5-,6-/m0/s1. The van der Waals surface area contributed by atoms with Crippen LogP contribution >= 0.6 is 0 Å². The third-order valence-corrected chi connectivity index (χ3v) is 2.08. The van der Waals surface area contributed by atoms with Gasteiger partial charge in [-0.25, -0.2) is 4.79 Å². The van der Waals surface area contributed by atoms with E-state index in [4.69, 9.17) is 5.53 Å². The van der Waals surface area contributed by atoms with Gasteiger partial charge in [0.05, 0.1) is 7.11 Å². The lowest BCUT2D eigenvalue weighted by atomic mass is 9.99. The van der Waals surface area contributed by atoms with Gasteiger partial charge in [0.15, 0.2) is 0 Å². The summed E-state index contributed by atoms with van der Waals surface area (Å²) < 4.78 is 4.53. The minimum absolute atomic E-state index is 0.0877. The van der Waals surface area contributed by atoms with Crippen LogP contribution in [-0.4, -0.2) is 25.2 Å². The molecule has 0 saturated carbocycles. The Balaban J connectivity index is 4.57. The molecule has 0 heterocycles. The van der Waals surface area contributed by atoms with Crippen molar-refractivity contribution in [2.24, 2.45) is 11.0 Å². The number of nitrogens with zero attached hydrogens (tertiary/aromatic N) is 3. The predicted octanol–water partition coefficient (Wildman–Crippen LogP) is 1.59.